The molecule has 1 N–H and O–H groups in total. The molecule has 0 fully saturated rings. The van der Waals surface area contributed by atoms with Gasteiger partial charge in [0.1, 0.15) is 5.65 Å². The van der Waals surface area contributed by atoms with Crippen molar-refractivity contribution in [2.24, 2.45) is 0 Å². The van der Waals surface area contributed by atoms with Crippen LogP contribution in [-0.4, -0.2) is 9.38 Å². The van der Waals surface area contributed by atoms with Crippen LogP contribution in [-0.2, 0) is 6.54 Å². The Kier molecular flexibility index (Phi) is 4.05. The molecular weight excluding hydrogens is 321 g/mol. The average Bonchev–Trinajstić information content (AvgIpc) is 2.49. The third-order valence-electron chi connectivity index (χ3n) is 3.27. The highest BCUT2D eigenvalue weighted by atomic mass is 35.5. The SMILES string of the molecule is Cc1ccc2nc(CNc3cccc(Cl)c3Cl)cc(=O)n2c1. The molecule has 112 valence electrons. The minimum absolute atomic E-state index is 0.109. The van der Waals surface area contributed by atoms with Gasteiger partial charge in [-0.2, -0.15) is 0 Å². The lowest BCUT2D eigenvalue weighted by Gasteiger charge is -2.09. The van der Waals surface area contributed by atoms with Crippen LogP contribution < -0.4 is 10.9 Å². The minimum atomic E-state index is -0.109. The molecule has 0 radical (unpaired) electrons. The van der Waals surface area contributed by atoms with E-state index in [2.05, 4.69) is 10.3 Å². The summed E-state index contributed by atoms with van der Waals surface area (Å²) in [6.07, 6.45) is 1.77. The van der Waals surface area contributed by atoms with Gasteiger partial charge in [-0.1, -0.05) is 35.3 Å². The van der Waals surface area contributed by atoms with E-state index in [0.717, 1.165) is 5.56 Å². The van der Waals surface area contributed by atoms with E-state index in [4.69, 9.17) is 23.2 Å². The molecule has 0 saturated carbocycles. The third kappa shape index (κ3) is 2.93. The van der Waals surface area contributed by atoms with Gasteiger partial charge in [-0.3, -0.25) is 9.20 Å². The molecule has 2 aromatic heterocycles. The Morgan fingerprint density at radius 3 is 2.86 bits per heavy atom. The van der Waals surface area contributed by atoms with E-state index < -0.39 is 0 Å². The summed E-state index contributed by atoms with van der Waals surface area (Å²) in [5, 5.41) is 4.08. The summed E-state index contributed by atoms with van der Waals surface area (Å²) in [5.74, 6) is 0. The number of nitrogens with zero attached hydrogens (tertiary/aromatic N) is 2. The van der Waals surface area contributed by atoms with Gasteiger partial charge in [0.05, 0.1) is 28.0 Å². The maximum Gasteiger partial charge on any atom is 0.258 e. The van der Waals surface area contributed by atoms with Crippen molar-refractivity contribution in [1.29, 1.82) is 0 Å². The molecule has 0 aliphatic carbocycles. The van der Waals surface area contributed by atoms with E-state index in [1.807, 2.05) is 31.2 Å². The zero-order chi connectivity index (χ0) is 15.7. The first-order valence-corrected chi connectivity index (χ1v) is 7.47. The van der Waals surface area contributed by atoms with Gasteiger partial charge in [0, 0.05) is 12.3 Å². The summed E-state index contributed by atoms with van der Waals surface area (Å²) in [4.78, 5) is 16.6. The molecule has 4 nitrogen and oxygen atoms in total. The highest BCUT2D eigenvalue weighted by molar-refractivity contribution is 6.43. The van der Waals surface area contributed by atoms with Gasteiger partial charge in [-0.15, -0.1) is 0 Å². The number of halogens is 2. The number of aryl methyl sites for hydroxylation is 1. The van der Waals surface area contributed by atoms with Gasteiger partial charge in [0.15, 0.2) is 0 Å². The summed E-state index contributed by atoms with van der Waals surface area (Å²) in [5.41, 5.74) is 2.87. The molecule has 6 heteroatoms. The highest BCUT2D eigenvalue weighted by Crippen LogP contribution is 2.29. The molecule has 3 rings (SSSR count). The molecule has 1 aromatic carbocycles. The fourth-order valence-corrected chi connectivity index (χ4v) is 2.54. The molecule has 0 atom stereocenters. The first kappa shape index (κ1) is 14.9. The van der Waals surface area contributed by atoms with Crippen LogP contribution in [0.1, 0.15) is 11.3 Å². The van der Waals surface area contributed by atoms with Crippen molar-refractivity contribution < 1.29 is 0 Å². The maximum atomic E-state index is 12.1. The summed E-state index contributed by atoms with van der Waals surface area (Å²) in [6, 6.07) is 10.6. The predicted octanol–water partition coefficient (Wildman–Crippen LogP) is 3.92. The van der Waals surface area contributed by atoms with Crippen molar-refractivity contribution in [1.82, 2.24) is 9.38 Å². The van der Waals surface area contributed by atoms with Gasteiger partial charge < -0.3 is 5.32 Å². The Morgan fingerprint density at radius 2 is 2.05 bits per heavy atom. The van der Waals surface area contributed by atoms with Crippen LogP contribution in [0.5, 0.6) is 0 Å². The van der Waals surface area contributed by atoms with Crippen LogP contribution in [0.2, 0.25) is 10.0 Å². The lowest BCUT2D eigenvalue weighted by Crippen LogP contribution is -2.17. The van der Waals surface area contributed by atoms with Crippen molar-refractivity contribution in [3.63, 3.8) is 0 Å². The Morgan fingerprint density at radius 1 is 1.23 bits per heavy atom. The normalized spacial score (nSPS) is 10.9. The van der Waals surface area contributed by atoms with E-state index in [1.54, 1.807) is 12.3 Å². The van der Waals surface area contributed by atoms with Crippen LogP contribution in [0.4, 0.5) is 5.69 Å². The standard InChI is InChI=1S/C16H13Cl2N3O/c1-10-5-6-14-20-11(7-15(22)21(14)9-10)8-19-13-4-2-3-12(17)16(13)18/h2-7,9,19H,8H2,1H3. The van der Waals surface area contributed by atoms with Crippen LogP contribution in [0.15, 0.2) is 47.4 Å². The fourth-order valence-electron chi connectivity index (χ4n) is 2.17. The zero-order valence-electron chi connectivity index (χ0n) is 11.8. The van der Waals surface area contributed by atoms with E-state index in [-0.39, 0.29) is 5.56 Å². The molecule has 0 bridgehead atoms. The van der Waals surface area contributed by atoms with Crippen molar-refractivity contribution in [2.45, 2.75) is 13.5 Å². The number of rotatable bonds is 3. The first-order valence-electron chi connectivity index (χ1n) is 6.71. The number of nitrogens with one attached hydrogen (secondary N) is 1. The molecule has 0 aliphatic rings. The Hall–Kier alpha value is -2.04. The molecule has 0 amide bonds. The van der Waals surface area contributed by atoms with Crippen LogP contribution in [0.25, 0.3) is 5.65 Å². The number of pyridine rings is 1. The van der Waals surface area contributed by atoms with Crippen molar-refractivity contribution in [2.75, 3.05) is 5.32 Å². The second-order valence-corrected chi connectivity index (χ2v) is 5.76. The largest absolute Gasteiger partial charge is 0.378 e. The number of hydrogen-bond acceptors (Lipinski definition) is 3. The Bertz CT molecular complexity index is 906. The lowest BCUT2D eigenvalue weighted by atomic mass is 10.3. The second-order valence-electron chi connectivity index (χ2n) is 4.98. The summed E-state index contributed by atoms with van der Waals surface area (Å²) >= 11 is 12.1. The Labute approximate surface area is 137 Å². The van der Waals surface area contributed by atoms with Crippen molar-refractivity contribution in [3.05, 3.63) is 74.3 Å². The zero-order valence-corrected chi connectivity index (χ0v) is 13.3. The van der Waals surface area contributed by atoms with Crippen LogP contribution >= 0.6 is 23.2 Å². The number of benzene rings is 1. The van der Waals surface area contributed by atoms with Gasteiger partial charge in [0.25, 0.3) is 5.56 Å². The van der Waals surface area contributed by atoms with E-state index in [9.17, 15) is 4.79 Å². The smallest absolute Gasteiger partial charge is 0.258 e. The second kappa shape index (κ2) is 5.99. The third-order valence-corrected chi connectivity index (χ3v) is 4.09. The van der Waals surface area contributed by atoms with Gasteiger partial charge in [-0.05, 0) is 30.7 Å². The van der Waals surface area contributed by atoms with Crippen LogP contribution in [0.3, 0.4) is 0 Å². The number of anilines is 1. The molecule has 0 saturated heterocycles. The molecule has 0 aliphatic heterocycles. The molecule has 3 aromatic rings. The van der Waals surface area contributed by atoms with Gasteiger partial charge in [0.2, 0.25) is 0 Å². The number of aromatic nitrogens is 2. The monoisotopic (exact) mass is 333 g/mol. The topological polar surface area (TPSA) is 46.4 Å². The first-order chi connectivity index (χ1) is 10.5. The van der Waals surface area contributed by atoms with E-state index in [0.29, 0.717) is 33.6 Å². The fraction of sp³-hybridized carbons (Fsp3) is 0.125. The van der Waals surface area contributed by atoms with Gasteiger partial charge >= 0.3 is 0 Å². The van der Waals surface area contributed by atoms with Crippen molar-refractivity contribution >= 4 is 34.5 Å². The molecular formula is C16H13Cl2N3O. The quantitative estimate of drug-likeness (QED) is 0.790. The number of fused-ring (bicyclic) bond motifs is 1. The molecule has 22 heavy (non-hydrogen) atoms. The Balaban J connectivity index is 1.90. The summed E-state index contributed by atoms with van der Waals surface area (Å²) in [6.45, 7) is 2.32. The molecule has 2 heterocycles. The van der Waals surface area contributed by atoms with E-state index >= 15 is 0 Å². The van der Waals surface area contributed by atoms with Crippen LogP contribution in [0, 0.1) is 6.92 Å². The molecule has 0 spiro atoms. The van der Waals surface area contributed by atoms with Crippen molar-refractivity contribution in [3.8, 4) is 0 Å². The summed E-state index contributed by atoms with van der Waals surface area (Å²) in [7, 11) is 0. The highest BCUT2D eigenvalue weighted by Gasteiger charge is 2.06. The predicted molar refractivity (Wildman–Crippen MR) is 90.0 cm³/mol. The number of hydrogen-bond donors (Lipinski definition) is 1. The molecule has 0 unspecified atom stereocenters. The summed E-state index contributed by atoms with van der Waals surface area (Å²) < 4.78 is 1.53. The van der Waals surface area contributed by atoms with E-state index in [1.165, 1.54) is 10.5 Å². The lowest BCUT2D eigenvalue weighted by molar-refractivity contribution is 0.965. The average molecular weight is 334 g/mol. The maximum absolute atomic E-state index is 12.1. The minimum Gasteiger partial charge on any atom is -0.378 e. The van der Waals surface area contributed by atoms with Gasteiger partial charge in [-0.25, -0.2) is 4.98 Å².